The molecule has 0 saturated carbocycles. The van der Waals surface area contributed by atoms with Crippen molar-refractivity contribution in [1.29, 1.82) is 0 Å². The van der Waals surface area contributed by atoms with E-state index in [9.17, 15) is 17.6 Å². The zero-order chi connectivity index (χ0) is 16.7. The highest BCUT2D eigenvalue weighted by Gasteiger charge is 2.29. The predicted octanol–water partition coefficient (Wildman–Crippen LogP) is 2.68. The molecule has 2 aromatic rings. The fourth-order valence-electron chi connectivity index (χ4n) is 1.74. The van der Waals surface area contributed by atoms with Crippen LogP contribution >= 0.6 is 15.9 Å². The van der Waals surface area contributed by atoms with Crippen LogP contribution in [0.25, 0.3) is 11.0 Å². The number of carbonyl (C=O) groups is 1. The summed E-state index contributed by atoms with van der Waals surface area (Å²) in [5, 5.41) is 0. The maximum Gasteiger partial charge on any atom is 0.421 e. The lowest BCUT2D eigenvalue weighted by atomic mass is 10.2. The Labute approximate surface area is 134 Å². The number of imidazole rings is 1. The molecular weight excluding hydrogens is 381 g/mol. The summed E-state index contributed by atoms with van der Waals surface area (Å²) in [7, 11) is -4.47. The molecule has 0 saturated heterocycles. The number of carbonyl (C=O) groups excluding carboxylic acids is 1. The molecule has 0 bridgehead atoms. The Morgan fingerprint density at radius 2 is 2.09 bits per heavy atom. The zero-order valence-corrected chi connectivity index (χ0v) is 14.3. The first-order valence-corrected chi connectivity index (χ1v) is 8.36. The van der Waals surface area contributed by atoms with E-state index in [0.717, 1.165) is 6.07 Å². The van der Waals surface area contributed by atoms with Crippen molar-refractivity contribution in [3.63, 3.8) is 0 Å². The summed E-state index contributed by atoms with van der Waals surface area (Å²) in [5.41, 5.74) is -0.713. The first kappa shape index (κ1) is 16.7. The number of aromatic amines is 1. The second-order valence-corrected chi connectivity index (χ2v) is 7.88. The average molecular weight is 394 g/mol. The molecule has 0 radical (unpaired) electrons. The third kappa shape index (κ3) is 3.38. The standard InChI is InChI=1S/C12H13BrFN3O4S/c1-12(2,3)21-11(18)17-22(19,20)10-7(14)4-6(13)8-9(10)16-5-15-8/h4-5H,1-3H3,(H,15,16)(H,17,18). The maximum absolute atomic E-state index is 14.1. The maximum atomic E-state index is 14.1. The largest absolute Gasteiger partial charge is 0.443 e. The number of fused-ring (bicyclic) bond motifs is 1. The quantitative estimate of drug-likeness (QED) is 0.816. The van der Waals surface area contributed by atoms with E-state index in [1.54, 1.807) is 25.5 Å². The van der Waals surface area contributed by atoms with Crippen molar-refractivity contribution < 1.29 is 22.3 Å². The molecule has 1 heterocycles. The zero-order valence-electron chi connectivity index (χ0n) is 11.9. The van der Waals surface area contributed by atoms with Gasteiger partial charge in [0.2, 0.25) is 0 Å². The minimum absolute atomic E-state index is 0.0528. The number of ether oxygens (including phenoxy) is 1. The van der Waals surface area contributed by atoms with Crippen LogP contribution in [0.15, 0.2) is 21.8 Å². The van der Waals surface area contributed by atoms with Gasteiger partial charge in [-0.1, -0.05) is 0 Å². The van der Waals surface area contributed by atoms with E-state index in [-0.39, 0.29) is 15.5 Å². The summed E-state index contributed by atoms with van der Waals surface area (Å²) < 4.78 is 45.4. The molecule has 0 unspecified atom stereocenters. The van der Waals surface area contributed by atoms with Crippen LogP contribution in [0.1, 0.15) is 20.8 Å². The van der Waals surface area contributed by atoms with Crippen LogP contribution < -0.4 is 4.72 Å². The number of H-pyrrole nitrogens is 1. The molecule has 0 aliphatic carbocycles. The lowest BCUT2D eigenvalue weighted by Crippen LogP contribution is -2.36. The van der Waals surface area contributed by atoms with Gasteiger partial charge in [-0.25, -0.2) is 27.3 Å². The van der Waals surface area contributed by atoms with Crippen molar-refractivity contribution in [3.05, 3.63) is 22.7 Å². The summed E-state index contributed by atoms with van der Waals surface area (Å²) in [6.45, 7) is 4.73. The number of nitrogens with one attached hydrogen (secondary N) is 2. The number of benzene rings is 1. The molecule has 1 amide bonds. The monoisotopic (exact) mass is 393 g/mol. The third-order valence-corrected chi connectivity index (χ3v) is 4.42. The van der Waals surface area contributed by atoms with Gasteiger partial charge in [0.15, 0.2) is 0 Å². The Hall–Kier alpha value is -1.68. The van der Waals surface area contributed by atoms with Crippen LogP contribution in [0.2, 0.25) is 0 Å². The molecule has 1 aromatic carbocycles. The van der Waals surface area contributed by atoms with Gasteiger partial charge in [-0.3, -0.25) is 0 Å². The lowest BCUT2D eigenvalue weighted by Gasteiger charge is -2.19. The molecule has 0 aliphatic heterocycles. The van der Waals surface area contributed by atoms with Gasteiger partial charge >= 0.3 is 6.09 Å². The van der Waals surface area contributed by atoms with Crippen LogP contribution in [0, 0.1) is 5.82 Å². The van der Waals surface area contributed by atoms with E-state index in [0.29, 0.717) is 0 Å². The Balaban J connectivity index is 2.47. The van der Waals surface area contributed by atoms with E-state index in [2.05, 4.69) is 25.9 Å². The van der Waals surface area contributed by atoms with Crippen molar-refractivity contribution in [2.75, 3.05) is 0 Å². The summed E-state index contributed by atoms with van der Waals surface area (Å²) in [4.78, 5) is 17.4. The number of sulfonamides is 1. The molecule has 2 N–H and O–H groups in total. The van der Waals surface area contributed by atoms with E-state index in [1.165, 1.54) is 6.33 Å². The Morgan fingerprint density at radius 1 is 1.45 bits per heavy atom. The van der Waals surface area contributed by atoms with Gasteiger partial charge in [0.25, 0.3) is 10.0 Å². The van der Waals surface area contributed by atoms with Crippen LogP contribution in [-0.4, -0.2) is 30.1 Å². The fraction of sp³-hybridized carbons (Fsp3) is 0.333. The lowest BCUT2D eigenvalue weighted by molar-refractivity contribution is 0.0570. The molecule has 1 aromatic heterocycles. The number of rotatable bonds is 2. The van der Waals surface area contributed by atoms with Gasteiger partial charge in [-0.2, -0.15) is 0 Å². The van der Waals surface area contributed by atoms with Crippen molar-refractivity contribution in [2.45, 2.75) is 31.3 Å². The minimum atomic E-state index is -4.47. The number of hydrogen-bond donors (Lipinski definition) is 2. The highest BCUT2D eigenvalue weighted by molar-refractivity contribution is 9.10. The molecular formula is C12H13BrFN3O4S. The number of nitrogens with zero attached hydrogens (tertiary/aromatic N) is 1. The van der Waals surface area contributed by atoms with Crippen molar-refractivity contribution in [1.82, 2.24) is 14.7 Å². The van der Waals surface area contributed by atoms with Gasteiger partial charge in [0, 0.05) is 4.47 Å². The van der Waals surface area contributed by atoms with Gasteiger partial charge in [0.05, 0.1) is 11.8 Å². The second kappa shape index (κ2) is 5.51. The predicted molar refractivity (Wildman–Crippen MR) is 80.3 cm³/mol. The topological polar surface area (TPSA) is 101 Å². The molecule has 2 rings (SSSR count). The second-order valence-electron chi connectivity index (χ2n) is 5.40. The molecule has 10 heteroatoms. The number of aromatic nitrogens is 2. The minimum Gasteiger partial charge on any atom is -0.443 e. The van der Waals surface area contributed by atoms with Crippen molar-refractivity contribution >= 4 is 43.1 Å². The van der Waals surface area contributed by atoms with Gasteiger partial charge < -0.3 is 9.72 Å². The van der Waals surface area contributed by atoms with Crippen molar-refractivity contribution in [2.24, 2.45) is 0 Å². The van der Waals surface area contributed by atoms with E-state index >= 15 is 0 Å². The van der Waals surface area contributed by atoms with E-state index in [1.807, 2.05) is 0 Å². The van der Waals surface area contributed by atoms with Crippen LogP contribution in [0.3, 0.4) is 0 Å². The fourth-order valence-corrected chi connectivity index (χ4v) is 3.34. The highest BCUT2D eigenvalue weighted by Crippen LogP contribution is 2.29. The highest BCUT2D eigenvalue weighted by atomic mass is 79.9. The molecule has 0 spiro atoms. The SMILES string of the molecule is CC(C)(C)OC(=O)NS(=O)(=O)c1c(F)cc(Br)c2nc[nH]c12. The smallest absolute Gasteiger partial charge is 0.421 e. The van der Waals surface area contributed by atoms with Crippen LogP contribution in [0.4, 0.5) is 9.18 Å². The normalized spacial score (nSPS) is 12.4. The molecule has 0 fully saturated rings. The number of halogens is 2. The number of hydrogen-bond acceptors (Lipinski definition) is 5. The molecule has 7 nitrogen and oxygen atoms in total. The Morgan fingerprint density at radius 3 is 2.68 bits per heavy atom. The first-order chi connectivity index (χ1) is 10.0. The summed E-state index contributed by atoms with van der Waals surface area (Å²) >= 11 is 3.09. The average Bonchev–Trinajstić information content (AvgIpc) is 2.73. The molecule has 120 valence electrons. The summed E-state index contributed by atoms with van der Waals surface area (Å²) in [6, 6.07) is 0.965. The molecule has 0 atom stereocenters. The summed E-state index contributed by atoms with van der Waals surface area (Å²) in [6.07, 6.45) is 0.0314. The van der Waals surface area contributed by atoms with Crippen molar-refractivity contribution in [3.8, 4) is 0 Å². The Bertz CT molecular complexity index is 842. The Kier molecular flexibility index (Phi) is 4.18. The van der Waals surface area contributed by atoms with Crippen LogP contribution in [0.5, 0.6) is 0 Å². The third-order valence-electron chi connectivity index (χ3n) is 2.45. The first-order valence-electron chi connectivity index (χ1n) is 6.08. The summed E-state index contributed by atoms with van der Waals surface area (Å²) in [5.74, 6) is -1.03. The number of amides is 1. The van der Waals surface area contributed by atoms with E-state index in [4.69, 9.17) is 4.74 Å². The van der Waals surface area contributed by atoms with Gasteiger partial charge in [-0.15, -0.1) is 0 Å². The van der Waals surface area contributed by atoms with Gasteiger partial charge in [0.1, 0.15) is 21.8 Å². The molecule has 22 heavy (non-hydrogen) atoms. The molecule has 0 aliphatic rings. The van der Waals surface area contributed by atoms with E-state index < -0.39 is 32.4 Å². The van der Waals surface area contributed by atoms with Crippen LogP contribution in [-0.2, 0) is 14.8 Å². The van der Waals surface area contributed by atoms with Gasteiger partial charge in [-0.05, 0) is 42.8 Å².